The SMILES string of the molecule is Cc1[nH]nc(CCC(=O)N2C[C@@H]3c4ccccc4OC[C@]3(C(=O)O)C2)c1C. The number of fused-ring (bicyclic) bond motifs is 3. The number of aryl methyl sites for hydroxylation is 2. The summed E-state index contributed by atoms with van der Waals surface area (Å²) in [5.41, 5.74) is 2.76. The minimum Gasteiger partial charge on any atom is -0.492 e. The summed E-state index contributed by atoms with van der Waals surface area (Å²) in [5.74, 6) is -0.479. The number of amides is 1. The first-order chi connectivity index (χ1) is 12.9. The van der Waals surface area contributed by atoms with E-state index >= 15 is 0 Å². The molecule has 0 spiro atoms. The third-order valence-electron chi connectivity index (χ3n) is 6.03. The largest absolute Gasteiger partial charge is 0.492 e. The molecule has 3 heterocycles. The number of aromatic nitrogens is 2. The molecule has 27 heavy (non-hydrogen) atoms. The van der Waals surface area contributed by atoms with Crippen molar-refractivity contribution in [2.75, 3.05) is 19.7 Å². The Balaban J connectivity index is 1.53. The van der Waals surface area contributed by atoms with Gasteiger partial charge in [0.1, 0.15) is 17.8 Å². The van der Waals surface area contributed by atoms with Crippen LogP contribution in [0, 0.1) is 19.3 Å². The lowest BCUT2D eigenvalue weighted by molar-refractivity contribution is -0.152. The van der Waals surface area contributed by atoms with Gasteiger partial charge < -0.3 is 14.7 Å². The normalized spacial score (nSPS) is 23.5. The van der Waals surface area contributed by atoms with E-state index in [1.165, 1.54) is 0 Å². The lowest BCUT2D eigenvalue weighted by Crippen LogP contribution is -2.46. The molecule has 0 radical (unpaired) electrons. The molecule has 0 aliphatic carbocycles. The maximum absolute atomic E-state index is 12.8. The number of benzene rings is 1. The van der Waals surface area contributed by atoms with Crippen LogP contribution in [0.4, 0.5) is 0 Å². The zero-order valence-corrected chi connectivity index (χ0v) is 15.5. The molecule has 1 aromatic carbocycles. The summed E-state index contributed by atoms with van der Waals surface area (Å²) in [4.78, 5) is 26.6. The highest BCUT2D eigenvalue weighted by molar-refractivity contribution is 5.83. The molecule has 0 unspecified atom stereocenters. The van der Waals surface area contributed by atoms with Gasteiger partial charge in [-0.1, -0.05) is 18.2 Å². The molecule has 7 nitrogen and oxygen atoms in total. The van der Waals surface area contributed by atoms with Gasteiger partial charge in [0.25, 0.3) is 0 Å². The van der Waals surface area contributed by atoms with Crippen molar-refractivity contribution < 1.29 is 19.4 Å². The maximum Gasteiger partial charge on any atom is 0.315 e. The van der Waals surface area contributed by atoms with Gasteiger partial charge in [-0.15, -0.1) is 0 Å². The molecule has 4 rings (SSSR count). The van der Waals surface area contributed by atoms with E-state index < -0.39 is 11.4 Å². The molecule has 7 heteroatoms. The Morgan fingerprint density at radius 3 is 2.85 bits per heavy atom. The van der Waals surface area contributed by atoms with Crippen LogP contribution >= 0.6 is 0 Å². The van der Waals surface area contributed by atoms with Crippen molar-refractivity contribution in [1.82, 2.24) is 15.1 Å². The van der Waals surface area contributed by atoms with Crippen LogP contribution in [0.1, 0.15) is 34.9 Å². The molecule has 142 valence electrons. The number of hydrogen-bond acceptors (Lipinski definition) is 4. The fourth-order valence-corrected chi connectivity index (χ4v) is 4.19. The van der Waals surface area contributed by atoms with Crippen molar-refractivity contribution in [2.24, 2.45) is 5.41 Å². The second kappa shape index (κ2) is 6.40. The summed E-state index contributed by atoms with van der Waals surface area (Å²) in [6.07, 6.45) is 0.861. The Labute approximate surface area is 157 Å². The van der Waals surface area contributed by atoms with Crippen molar-refractivity contribution in [2.45, 2.75) is 32.6 Å². The summed E-state index contributed by atoms with van der Waals surface area (Å²) in [6.45, 7) is 4.61. The number of H-pyrrole nitrogens is 1. The molecule has 2 N–H and O–H groups in total. The van der Waals surface area contributed by atoms with Gasteiger partial charge in [0, 0.05) is 43.1 Å². The van der Waals surface area contributed by atoms with E-state index in [0.29, 0.717) is 19.4 Å². The number of nitrogens with one attached hydrogen (secondary N) is 1. The molecular formula is C20H23N3O4. The van der Waals surface area contributed by atoms with Crippen LogP contribution < -0.4 is 4.74 Å². The van der Waals surface area contributed by atoms with E-state index in [9.17, 15) is 14.7 Å². The van der Waals surface area contributed by atoms with E-state index in [1.807, 2.05) is 38.1 Å². The Morgan fingerprint density at radius 2 is 2.15 bits per heavy atom. The molecule has 1 fully saturated rings. The van der Waals surface area contributed by atoms with Crippen molar-refractivity contribution in [1.29, 1.82) is 0 Å². The number of ether oxygens (including phenoxy) is 1. The highest BCUT2D eigenvalue weighted by atomic mass is 16.5. The number of aromatic amines is 1. The summed E-state index contributed by atoms with van der Waals surface area (Å²) >= 11 is 0. The Kier molecular flexibility index (Phi) is 4.17. The zero-order chi connectivity index (χ0) is 19.2. The quantitative estimate of drug-likeness (QED) is 0.860. The molecule has 1 amide bonds. The number of para-hydroxylation sites is 1. The molecule has 1 aromatic heterocycles. The van der Waals surface area contributed by atoms with Crippen LogP contribution in [0.15, 0.2) is 24.3 Å². The number of hydrogen-bond donors (Lipinski definition) is 2. The minimum atomic E-state index is -1.08. The van der Waals surface area contributed by atoms with E-state index in [2.05, 4.69) is 10.2 Å². The first-order valence-electron chi connectivity index (χ1n) is 9.16. The smallest absolute Gasteiger partial charge is 0.315 e. The monoisotopic (exact) mass is 369 g/mol. The first kappa shape index (κ1) is 17.6. The van der Waals surface area contributed by atoms with Crippen molar-refractivity contribution in [3.05, 3.63) is 46.8 Å². The van der Waals surface area contributed by atoms with Gasteiger partial charge in [-0.2, -0.15) is 5.10 Å². The Bertz CT molecular complexity index is 906. The third-order valence-corrected chi connectivity index (χ3v) is 6.03. The summed E-state index contributed by atoms with van der Waals surface area (Å²) in [6, 6.07) is 7.51. The maximum atomic E-state index is 12.8. The number of nitrogens with zero attached hydrogens (tertiary/aromatic N) is 2. The van der Waals surface area contributed by atoms with Crippen molar-refractivity contribution in [3.8, 4) is 5.75 Å². The predicted octanol–water partition coefficient (Wildman–Crippen LogP) is 2.05. The van der Waals surface area contributed by atoms with Gasteiger partial charge in [0.05, 0.1) is 5.69 Å². The second-order valence-corrected chi connectivity index (χ2v) is 7.53. The van der Waals surface area contributed by atoms with E-state index in [0.717, 1.165) is 28.3 Å². The predicted molar refractivity (Wildman–Crippen MR) is 97.7 cm³/mol. The Hall–Kier alpha value is -2.83. The molecule has 0 bridgehead atoms. The number of aliphatic carboxylic acids is 1. The number of carboxylic acids is 1. The van der Waals surface area contributed by atoms with Gasteiger partial charge in [-0.25, -0.2) is 0 Å². The molecule has 2 atom stereocenters. The summed E-state index contributed by atoms with van der Waals surface area (Å²) in [5, 5.41) is 17.1. The van der Waals surface area contributed by atoms with Gasteiger partial charge in [-0.05, 0) is 25.5 Å². The van der Waals surface area contributed by atoms with Gasteiger partial charge >= 0.3 is 5.97 Å². The molecular weight excluding hydrogens is 346 g/mol. The number of carbonyl (C=O) groups is 2. The molecule has 0 saturated carbocycles. The summed E-state index contributed by atoms with van der Waals surface area (Å²) < 4.78 is 5.74. The van der Waals surface area contributed by atoms with E-state index in [1.54, 1.807) is 4.90 Å². The Morgan fingerprint density at radius 1 is 1.37 bits per heavy atom. The van der Waals surface area contributed by atoms with Crippen LogP contribution in [0.3, 0.4) is 0 Å². The number of carboxylic acid groups (broad SMARTS) is 1. The zero-order valence-electron chi connectivity index (χ0n) is 15.5. The average molecular weight is 369 g/mol. The van der Waals surface area contributed by atoms with Crippen LogP contribution in [0.5, 0.6) is 5.75 Å². The standard InChI is InChI=1S/C20H23N3O4/c1-12-13(2)21-22-16(12)7-8-18(24)23-9-15-14-5-3-4-6-17(14)27-11-20(15,10-23)19(25)26/h3-6,15H,7-11H2,1-2H3,(H,21,22)(H,25,26)/t15-,20-/m1/s1. The average Bonchev–Trinajstić information content (AvgIpc) is 3.22. The van der Waals surface area contributed by atoms with Crippen LogP contribution in [0.25, 0.3) is 0 Å². The van der Waals surface area contributed by atoms with Crippen molar-refractivity contribution in [3.63, 3.8) is 0 Å². The first-order valence-corrected chi connectivity index (χ1v) is 9.16. The van der Waals surface area contributed by atoms with E-state index in [-0.39, 0.29) is 25.0 Å². The minimum absolute atomic E-state index is 0.0393. The van der Waals surface area contributed by atoms with Gasteiger partial charge in [0.15, 0.2) is 0 Å². The number of carbonyl (C=O) groups excluding carboxylic acids is 1. The van der Waals surface area contributed by atoms with Crippen molar-refractivity contribution >= 4 is 11.9 Å². The third kappa shape index (κ3) is 2.78. The van der Waals surface area contributed by atoms with Crippen LogP contribution in [-0.2, 0) is 16.0 Å². The van der Waals surface area contributed by atoms with E-state index in [4.69, 9.17) is 4.74 Å². The summed E-state index contributed by atoms with van der Waals surface area (Å²) in [7, 11) is 0. The molecule has 1 saturated heterocycles. The lowest BCUT2D eigenvalue weighted by Gasteiger charge is -2.35. The number of rotatable bonds is 4. The highest BCUT2D eigenvalue weighted by Crippen LogP contribution is 2.49. The fourth-order valence-electron chi connectivity index (χ4n) is 4.19. The van der Waals surface area contributed by atoms with Gasteiger partial charge in [0.2, 0.25) is 5.91 Å². The molecule has 2 aliphatic heterocycles. The van der Waals surface area contributed by atoms with Crippen LogP contribution in [0.2, 0.25) is 0 Å². The van der Waals surface area contributed by atoms with Gasteiger partial charge in [-0.3, -0.25) is 14.7 Å². The topological polar surface area (TPSA) is 95.5 Å². The van der Waals surface area contributed by atoms with Crippen LogP contribution in [-0.4, -0.2) is 51.8 Å². The molecule has 2 aromatic rings. The fraction of sp³-hybridized carbons (Fsp3) is 0.450. The number of likely N-dealkylation sites (tertiary alicyclic amines) is 1. The lowest BCUT2D eigenvalue weighted by atomic mass is 9.73. The highest BCUT2D eigenvalue weighted by Gasteiger charge is 2.57. The second-order valence-electron chi connectivity index (χ2n) is 7.53. The molecule has 2 aliphatic rings.